The topological polar surface area (TPSA) is 24.9 Å². The quantitative estimate of drug-likeness (QED) is 0.629. The normalized spacial score (nSPS) is 11.3. The lowest BCUT2D eigenvalue weighted by molar-refractivity contribution is 0.670. The van der Waals surface area contributed by atoms with Gasteiger partial charge in [-0.25, -0.2) is 4.98 Å². The Bertz CT molecular complexity index is 610. The molecule has 1 heterocycles. The fourth-order valence-electron chi connectivity index (χ4n) is 2.07. The summed E-state index contributed by atoms with van der Waals surface area (Å²) in [5.74, 6) is 0.434. The maximum atomic E-state index is 6.07. The van der Waals surface area contributed by atoms with Crippen molar-refractivity contribution in [3.8, 4) is 10.6 Å². The molecule has 0 aliphatic carbocycles. The number of halogens is 2. The average molecular weight is 388 g/mol. The number of nitrogens with zero attached hydrogens (tertiary/aromatic N) is 1. The molecule has 0 unspecified atom stereocenters. The Morgan fingerprint density at radius 3 is 2.76 bits per heavy atom. The van der Waals surface area contributed by atoms with Crippen LogP contribution in [-0.4, -0.2) is 11.5 Å². The Kier molecular flexibility index (Phi) is 6.23. The number of thiazole rings is 1. The summed E-state index contributed by atoms with van der Waals surface area (Å²) in [7, 11) is 0. The minimum absolute atomic E-state index is 0.434. The molecular formula is C16H20BrClN2S. The summed E-state index contributed by atoms with van der Waals surface area (Å²) in [4.78, 5) is 6.18. The van der Waals surface area contributed by atoms with Crippen molar-refractivity contribution in [2.75, 3.05) is 6.54 Å². The van der Waals surface area contributed by atoms with E-state index in [-0.39, 0.29) is 0 Å². The summed E-state index contributed by atoms with van der Waals surface area (Å²) in [6.07, 6.45) is 1.15. The number of hydrogen-bond donors (Lipinski definition) is 1. The first-order chi connectivity index (χ1) is 10.0. The second kappa shape index (κ2) is 7.73. The van der Waals surface area contributed by atoms with Crippen LogP contribution in [0.2, 0.25) is 5.02 Å². The Balaban J connectivity index is 2.31. The first kappa shape index (κ1) is 16.9. The van der Waals surface area contributed by atoms with Gasteiger partial charge in [-0.15, -0.1) is 11.3 Å². The Morgan fingerprint density at radius 2 is 2.14 bits per heavy atom. The molecule has 0 spiro atoms. The lowest BCUT2D eigenvalue weighted by Gasteiger charge is -2.05. The maximum absolute atomic E-state index is 6.07. The highest BCUT2D eigenvalue weighted by Gasteiger charge is 2.15. The minimum Gasteiger partial charge on any atom is -0.312 e. The molecule has 1 N–H and O–H groups in total. The maximum Gasteiger partial charge on any atom is 0.123 e. The zero-order valence-electron chi connectivity index (χ0n) is 12.5. The van der Waals surface area contributed by atoms with Crippen molar-refractivity contribution in [1.82, 2.24) is 10.3 Å². The molecule has 2 aromatic rings. The second-order valence-electron chi connectivity index (χ2n) is 5.29. The van der Waals surface area contributed by atoms with Gasteiger partial charge in [0.15, 0.2) is 0 Å². The molecule has 0 radical (unpaired) electrons. The van der Waals surface area contributed by atoms with Crippen molar-refractivity contribution in [3.05, 3.63) is 38.3 Å². The molecule has 114 valence electrons. The summed E-state index contributed by atoms with van der Waals surface area (Å²) in [5.41, 5.74) is 2.31. The van der Waals surface area contributed by atoms with Crippen molar-refractivity contribution in [2.45, 2.75) is 39.7 Å². The molecule has 1 aromatic heterocycles. The fraction of sp³-hybridized carbons (Fsp3) is 0.438. The Hall–Kier alpha value is -0.420. The zero-order valence-corrected chi connectivity index (χ0v) is 15.7. The van der Waals surface area contributed by atoms with Gasteiger partial charge in [0, 0.05) is 21.5 Å². The molecule has 0 bridgehead atoms. The van der Waals surface area contributed by atoms with Crippen LogP contribution in [0.4, 0.5) is 0 Å². The summed E-state index contributed by atoms with van der Waals surface area (Å²) < 4.78 is 0.911. The molecule has 0 aliphatic rings. The van der Waals surface area contributed by atoms with Gasteiger partial charge in [0.1, 0.15) is 5.01 Å². The lowest BCUT2D eigenvalue weighted by atomic mass is 10.1. The molecule has 0 saturated heterocycles. The third-order valence-electron chi connectivity index (χ3n) is 3.15. The SMILES string of the molecule is CCCNCc1sc(-c2ccc(Cl)c(Br)c2)nc1C(C)C. The predicted molar refractivity (Wildman–Crippen MR) is 96.3 cm³/mol. The summed E-state index contributed by atoms with van der Waals surface area (Å²) >= 11 is 11.3. The predicted octanol–water partition coefficient (Wildman–Crippen LogP) is 5.85. The Morgan fingerprint density at radius 1 is 1.38 bits per heavy atom. The monoisotopic (exact) mass is 386 g/mol. The number of rotatable bonds is 6. The first-order valence-corrected chi connectivity index (χ1v) is 9.17. The van der Waals surface area contributed by atoms with E-state index in [9.17, 15) is 0 Å². The van der Waals surface area contributed by atoms with Gasteiger partial charge >= 0.3 is 0 Å². The average Bonchev–Trinajstić information content (AvgIpc) is 2.86. The van der Waals surface area contributed by atoms with Crippen LogP contribution in [0.1, 0.15) is 43.7 Å². The molecular weight excluding hydrogens is 368 g/mol. The van der Waals surface area contributed by atoms with Crippen LogP contribution in [0.5, 0.6) is 0 Å². The minimum atomic E-state index is 0.434. The second-order valence-corrected chi connectivity index (χ2v) is 7.63. The van der Waals surface area contributed by atoms with Crippen LogP contribution >= 0.6 is 38.9 Å². The van der Waals surface area contributed by atoms with E-state index in [1.165, 1.54) is 10.6 Å². The Labute approximate surface area is 144 Å². The van der Waals surface area contributed by atoms with Gasteiger partial charge in [0.2, 0.25) is 0 Å². The largest absolute Gasteiger partial charge is 0.312 e. The van der Waals surface area contributed by atoms with Crippen molar-refractivity contribution in [3.63, 3.8) is 0 Å². The van der Waals surface area contributed by atoms with Gasteiger partial charge in [-0.1, -0.05) is 38.4 Å². The van der Waals surface area contributed by atoms with Gasteiger partial charge < -0.3 is 5.32 Å². The smallest absolute Gasteiger partial charge is 0.123 e. The lowest BCUT2D eigenvalue weighted by Crippen LogP contribution is -2.14. The van der Waals surface area contributed by atoms with Gasteiger partial charge in [0.25, 0.3) is 0 Å². The van der Waals surface area contributed by atoms with Crippen LogP contribution in [-0.2, 0) is 6.54 Å². The third kappa shape index (κ3) is 4.28. The van der Waals surface area contributed by atoms with E-state index >= 15 is 0 Å². The van der Waals surface area contributed by atoms with E-state index in [1.54, 1.807) is 11.3 Å². The van der Waals surface area contributed by atoms with Crippen molar-refractivity contribution < 1.29 is 0 Å². The van der Waals surface area contributed by atoms with Gasteiger partial charge in [-0.2, -0.15) is 0 Å². The van der Waals surface area contributed by atoms with E-state index in [1.807, 2.05) is 18.2 Å². The van der Waals surface area contributed by atoms with E-state index in [0.29, 0.717) is 5.92 Å². The van der Waals surface area contributed by atoms with Crippen molar-refractivity contribution in [1.29, 1.82) is 0 Å². The molecule has 2 rings (SSSR count). The number of nitrogens with one attached hydrogen (secondary N) is 1. The highest BCUT2D eigenvalue weighted by molar-refractivity contribution is 9.10. The van der Waals surface area contributed by atoms with Crippen molar-refractivity contribution in [2.24, 2.45) is 0 Å². The van der Waals surface area contributed by atoms with E-state index in [4.69, 9.17) is 16.6 Å². The summed E-state index contributed by atoms with van der Waals surface area (Å²) in [6, 6.07) is 5.97. The third-order valence-corrected chi connectivity index (χ3v) is 5.49. The molecule has 0 fully saturated rings. The molecule has 2 nitrogen and oxygen atoms in total. The van der Waals surface area contributed by atoms with Crippen LogP contribution in [0, 0.1) is 0 Å². The summed E-state index contributed by atoms with van der Waals surface area (Å²) in [5, 5.41) is 5.26. The van der Waals surface area contributed by atoms with Gasteiger partial charge in [-0.05, 0) is 46.9 Å². The fourth-order valence-corrected chi connectivity index (χ4v) is 3.75. The van der Waals surface area contributed by atoms with Crippen LogP contribution in [0.25, 0.3) is 10.6 Å². The van der Waals surface area contributed by atoms with E-state index < -0.39 is 0 Å². The standard InChI is InChI=1S/C16H20BrClN2S/c1-4-7-19-9-14-15(10(2)3)20-16(21-14)11-5-6-13(18)12(17)8-11/h5-6,8,10,19H,4,7,9H2,1-3H3. The molecule has 0 saturated carbocycles. The first-order valence-electron chi connectivity index (χ1n) is 7.18. The zero-order chi connectivity index (χ0) is 15.4. The van der Waals surface area contributed by atoms with Crippen molar-refractivity contribution >= 4 is 38.9 Å². The van der Waals surface area contributed by atoms with E-state index in [0.717, 1.165) is 39.6 Å². The van der Waals surface area contributed by atoms with Crippen LogP contribution in [0.15, 0.2) is 22.7 Å². The highest BCUT2D eigenvalue weighted by atomic mass is 79.9. The molecule has 21 heavy (non-hydrogen) atoms. The van der Waals surface area contributed by atoms with Crippen LogP contribution < -0.4 is 5.32 Å². The molecule has 0 aliphatic heterocycles. The molecule has 0 atom stereocenters. The number of benzene rings is 1. The molecule has 5 heteroatoms. The molecule has 0 amide bonds. The summed E-state index contributed by atoms with van der Waals surface area (Å²) in [6.45, 7) is 8.50. The van der Waals surface area contributed by atoms with E-state index in [2.05, 4.69) is 42.0 Å². The van der Waals surface area contributed by atoms with Gasteiger partial charge in [0.05, 0.1) is 10.7 Å². The highest BCUT2D eigenvalue weighted by Crippen LogP contribution is 2.34. The number of aromatic nitrogens is 1. The number of hydrogen-bond acceptors (Lipinski definition) is 3. The molecule has 1 aromatic carbocycles. The van der Waals surface area contributed by atoms with Gasteiger partial charge in [-0.3, -0.25) is 0 Å². The van der Waals surface area contributed by atoms with Crippen LogP contribution in [0.3, 0.4) is 0 Å².